The van der Waals surface area contributed by atoms with Gasteiger partial charge in [0.2, 0.25) is 8.32 Å². The van der Waals surface area contributed by atoms with E-state index in [1.54, 1.807) is 23.5 Å². The molecule has 1 aromatic heterocycles. The summed E-state index contributed by atoms with van der Waals surface area (Å²) in [5.41, 5.74) is 1.12. The minimum absolute atomic E-state index is 0.187. The summed E-state index contributed by atoms with van der Waals surface area (Å²) in [5, 5.41) is 10.8. The lowest BCUT2D eigenvalue weighted by atomic mass is 10.1. The Morgan fingerprint density at radius 2 is 1.71 bits per heavy atom. The second kappa shape index (κ2) is 5.94. The van der Waals surface area contributed by atoms with Crippen LogP contribution in [0.2, 0.25) is 18.1 Å². The van der Waals surface area contributed by atoms with Gasteiger partial charge in [0.1, 0.15) is 11.5 Å². The quantitative estimate of drug-likeness (QED) is 0.546. The Morgan fingerprint density at radius 3 is 2.33 bits per heavy atom. The highest BCUT2D eigenvalue weighted by atomic mass is 32.1. The van der Waals surface area contributed by atoms with Crippen molar-refractivity contribution in [1.82, 2.24) is 0 Å². The highest BCUT2D eigenvalue weighted by Crippen LogP contribution is 2.38. The number of fused-ring (bicyclic) bond motifs is 1. The third-order valence-corrected chi connectivity index (χ3v) is 10.2. The zero-order chi connectivity index (χ0) is 17.5. The molecule has 0 unspecified atom stereocenters. The van der Waals surface area contributed by atoms with Gasteiger partial charge >= 0.3 is 0 Å². The molecule has 2 nitrogen and oxygen atoms in total. The minimum atomic E-state index is -1.81. The zero-order valence-corrected chi connectivity index (χ0v) is 16.6. The van der Waals surface area contributed by atoms with Crippen LogP contribution >= 0.6 is 11.3 Å². The molecule has 0 aliphatic heterocycles. The maximum Gasteiger partial charge on any atom is 0.250 e. The van der Waals surface area contributed by atoms with E-state index in [-0.39, 0.29) is 5.04 Å². The molecule has 0 saturated heterocycles. The maximum atomic E-state index is 9.60. The van der Waals surface area contributed by atoms with Gasteiger partial charge in [0.25, 0.3) is 0 Å². The molecule has 1 radical (unpaired) electrons. The number of phenolic OH excluding ortho intramolecular Hbond substituents is 1. The fraction of sp³-hybridized carbons (Fsp3) is 0.300. The Kier molecular flexibility index (Phi) is 4.22. The molecule has 0 aliphatic rings. The summed E-state index contributed by atoms with van der Waals surface area (Å²) in [6.07, 6.45) is 0. The highest BCUT2D eigenvalue weighted by molar-refractivity contribution is 7.22. The van der Waals surface area contributed by atoms with Gasteiger partial charge in [-0.1, -0.05) is 20.8 Å². The van der Waals surface area contributed by atoms with Crippen LogP contribution in [-0.2, 0) is 0 Å². The van der Waals surface area contributed by atoms with Crippen molar-refractivity contribution in [2.45, 2.75) is 38.9 Å². The molecule has 0 amide bonds. The van der Waals surface area contributed by atoms with Crippen LogP contribution in [0.4, 0.5) is 0 Å². The Morgan fingerprint density at radius 1 is 1.04 bits per heavy atom. The van der Waals surface area contributed by atoms with Gasteiger partial charge in [-0.3, -0.25) is 0 Å². The normalized spacial score (nSPS) is 12.5. The summed E-state index contributed by atoms with van der Waals surface area (Å²) in [6, 6.07) is 17.1. The minimum Gasteiger partial charge on any atom is -0.544 e. The van der Waals surface area contributed by atoms with E-state index in [4.69, 9.17) is 4.43 Å². The molecule has 1 heterocycles. The molecule has 3 rings (SSSR count). The van der Waals surface area contributed by atoms with E-state index in [1.165, 1.54) is 0 Å². The fourth-order valence-electron chi connectivity index (χ4n) is 2.21. The summed E-state index contributed by atoms with van der Waals surface area (Å²) in [5.74, 6) is 1.23. The van der Waals surface area contributed by atoms with Crippen LogP contribution in [0.25, 0.3) is 20.5 Å². The van der Waals surface area contributed by atoms with Crippen LogP contribution in [0.3, 0.4) is 0 Å². The third-order valence-electron chi connectivity index (χ3n) is 4.72. The Hall–Kier alpha value is -1.78. The smallest absolute Gasteiger partial charge is 0.250 e. The second-order valence-electron chi connectivity index (χ2n) is 7.62. The average molecular weight is 356 g/mol. The number of hydrogen-bond acceptors (Lipinski definition) is 3. The summed E-state index contributed by atoms with van der Waals surface area (Å²) in [7, 11) is -1.81. The SMILES string of the molecule is CC(C)(C)[Si](C)(C)Oc1ccc(-c2[c]c3ccc(O)cc3s2)cc1. The zero-order valence-electron chi connectivity index (χ0n) is 14.8. The van der Waals surface area contributed by atoms with E-state index < -0.39 is 8.32 Å². The molecule has 0 saturated carbocycles. The van der Waals surface area contributed by atoms with Gasteiger partial charge in [-0.2, -0.15) is 0 Å². The Bertz CT molecular complexity index is 857. The molecule has 2 aromatic carbocycles. The molecule has 0 fully saturated rings. The van der Waals surface area contributed by atoms with E-state index in [0.29, 0.717) is 5.75 Å². The highest BCUT2D eigenvalue weighted by Gasteiger charge is 2.38. The second-order valence-corrected chi connectivity index (χ2v) is 13.4. The van der Waals surface area contributed by atoms with Crippen LogP contribution in [-0.4, -0.2) is 13.4 Å². The maximum absolute atomic E-state index is 9.60. The standard InChI is InChI=1S/C20H23O2SSi/c1-20(2,3)24(4,5)22-17-10-7-14(8-11-17)18-12-15-6-9-16(21)13-19(15)23-18/h6-11,13,21H,1-5H3. The number of benzene rings is 2. The first kappa shape index (κ1) is 17.1. The number of thiophene rings is 1. The topological polar surface area (TPSA) is 29.5 Å². The molecular formula is C20H23O2SSi. The van der Waals surface area contributed by atoms with Gasteiger partial charge in [0.05, 0.1) is 0 Å². The predicted molar refractivity (Wildman–Crippen MR) is 106 cm³/mol. The molecule has 0 atom stereocenters. The van der Waals surface area contributed by atoms with Crippen molar-refractivity contribution in [3.8, 4) is 21.9 Å². The first-order chi connectivity index (χ1) is 11.2. The number of rotatable bonds is 3. The van der Waals surface area contributed by atoms with Crippen molar-refractivity contribution in [3.63, 3.8) is 0 Å². The lowest BCUT2D eigenvalue weighted by Crippen LogP contribution is -2.43. The Balaban J connectivity index is 1.86. The summed E-state index contributed by atoms with van der Waals surface area (Å²) in [4.78, 5) is 1.08. The molecule has 24 heavy (non-hydrogen) atoms. The number of phenols is 1. The Labute approximate surface area is 148 Å². The van der Waals surface area contributed by atoms with E-state index in [1.807, 2.05) is 18.2 Å². The molecule has 3 aromatic rings. The molecular weight excluding hydrogens is 332 g/mol. The largest absolute Gasteiger partial charge is 0.544 e. The number of hydrogen-bond donors (Lipinski definition) is 1. The van der Waals surface area contributed by atoms with Crippen molar-refractivity contribution in [2.75, 3.05) is 0 Å². The van der Waals surface area contributed by atoms with Gasteiger partial charge in [0.15, 0.2) is 0 Å². The van der Waals surface area contributed by atoms with Crippen molar-refractivity contribution in [3.05, 3.63) is 48.5 Å². The molecule has 0 spiro atoms. The lowest BCUT2D eigenvalue weighted by molar-refractivity contribution is 0.476. The van der Waals surface area contributed by atoms with Crippen LogP contribution in [0, 0.1) is 6.07 Å². The van der Waals surface area contributed by atoms with Crippen LogP contribution in [0.1, 0.15) is 20.8 Å². The van der Waals surface area contributed by atoms with Crippen LogP contribution in [0.15, 0.2) is 42.5 Å². The summed E-state index contributed by atoms with van der Waals surface area (Å²) < 4.78 is 7.38. The fourth-order valence-corrected chi connectivity index (χ4v) is 4.28. The molecule has 0 bridgehead atoms. The van der Waals surface area contributed by atoms with Crippen molar-refractivity contribution < 1.29 is 9.53 Å². The van der Waals surface area contributed by atoms with Crippen LogP contribution < -0.4 is 4.43 Å². The molecule has 125 valence electrons. The van der Waals surface area contributed by atoms with Crippen molar-refractivity contribution in [1.29, 1.82) is 0 Å². The van der Waals surface area contributed by atoms with Gasteiger partial charge in [-0.25, -0.2) is 0 Å². The van der Waals surface area contributed by atoms with E-state index >= 15 is 0 Å². The summed E-state index contributed by atoms with van der Waals surface area (Å²) >= 11 is 1.64. The van der Waals surface area contributed by atoms with Gasteiger partial charge in [-0.15, -0.1) is 11.3 Å². The predicted octanol–water partition coefficient (Wildman–Crippen LogP) is 6.46. The molecule has 1 N–H and O–H groups in total. The monoisotopic (exact) mass is 355 g/mol. The first-order valence-electron chi connectivity index (χ1n) is 8.10. The van der Waals surface area contributed by atoms with Crippen LogP contribution in [0.5, 0.6) is 11.5 Å². The third kappa shape index (κ3) is 3.35. The van der Waals surface area contributed by atoms with Crippen molar-refractivity contribution >= 4 is 29.7 Å². The van der Waals surface area contributed by atoms with Crippen molar-refractivity contribution in [2.24, 2.45) is 0 Å². The average Bonchev–Trinajstić information content (AvgIpc) is 2.89. The number of aromatic hydroxyl groups is 1. The van der Waals surface area contributed by atoms with Gasteiger partial charge < -0.3 is 9.53 Å². The molecule has 4 heteroatoms. The first-order valence-corrected chi connectivity index (χ1v) is 11.8. The van der Waals surface area contributed by atoms with Gasteiger partial charge in [0, 0.05) is 21.0 Å². The van der Waals surface area contributed by atoms with Gasteiger partial charge in [-0.05, 0) is 66.2 Å². The van der Waals surface area contributed by atoms with E-state index in [0.717, 1.165) is 26.3 Å². The summed E-state index contributed by atoms with van der Waals surface area (Å²) in [6.45, 7) is 11.2. The van der Waals surface area contributed by atoms with E-state index in [2.05, 4.69) is 52.1 Å². The molecule has 0 aliphatic carbocycles. The van der Waals surface area contributed by atoms with E-state index in [9.17, 15) is 5.11 Å². The lowest BCUT2D eigenvalue weighted by Gasteiger charge is -2.36.